The summed E-state index contributed by atoms with van der Waals surface area (Å²) in [6, 6.07) is 0. The summed E-state index contributed by atoms with van der Waals surface area (Å²) >= 11 is 0. The topological polar surface area (TPSA) is 91.3 Å². The summed E-state index contributed by atoms with van der Waals surface area (Å²) in [5, 5.41) is 3.18. The van der Waals surface area contributed by atoms with Crippen molar-refractivity contribution in [1.82, 2.24) is 14.5 Å². The summed E-state index contributed by atoms with van der Waals surface area (Å²) in [7, 11) is -3.90. The highest BCUT2D eigenvalue weighted by molar-refractivity contribution is 14.0. The molecule has 2 aliphatic rings. The summed E-state index contributed by atoms with van der Waals surface area (Å²) in [6.07, 6.45) is 0.638. The molecule has 0 aromatic rings. The molecule has 13 heteroatoms. The van der Waals surface area contributed by atoms with E-state index in [1.54, 1.807) is 0 Å². The van der Waals surface area contributed by atoms with Crippen molar-refractivity contribution in [2.75, 3.05) is 46.4 Å². The van der Waals surface area contributed by atoms with Crippen LogP contribution >= 0.6 is 24.0 Å². The van der Waals surface area contributed by atoms with E-state index in [0.717, 1.165) is 0 Å². The Morgan fingerprint density at radius 1 is 1.23 bits per heavy atom. The number of rotatable bonds is 5. The molecule has 2 aliphatic heterocycles. The number of alkyl halides is 3. The minimum atomic E-state index is -5.27. The molecule has 0 amide bonds. The number of nitrogens with one attached hydrogen (secondary N) is 1. The number of hydrogen-bond donors (Lipinski definition) is 1. The van der Waals surface area contributed by atoms with Crippen LogP contribution in [0, 0.1) is 17.8 Å². The van der Waals surface area contributed by atoms with Crippen molar-refractivity contribution in [3.05, 3.63) is 0 Å². The standard InChI is InChI=1S/C17H29F3N4O4S.HI/c1-4-21-16(23-10-12(2)14(11-23)15(25)28-3)22-9-13-5-7-24(8-6-13)29(26,27)17(18,19)20;/h12-14H,4-11H2,1-3H3,(H,21,22);1H. The van der Waals surface area contributed by atoms with Crippen LogP contribution in [-0.2, 0) is 19.6 Å². The number of nitrogens with zero attached hydrogens (tertiary/aromatic N) is 3. The van der Waals surface area contributed by atoms with Crippen molar-refractivity contribution in [2.24, 2.45) is 22.7 Å². The van der Waals surface area contributed by atoms with Crippen LogP contribution in [0.4, 0.5) is 13.2 Å². The molecule has 2 heterocycles. The molecule has 2 unspecified atom stereocenters. The van der Waals surface area contributed by atoms with Gasteiger partial charge in [-0.1, -0.05) is 6.92 Å². The first kappa shape index (κ1) is 27.2. The number of carbonyl (C=O) groups excluding carboxylic acids is 1. The molecule has 2 saturated heterocycles. The van der Waals surface area contributed by atoms with E-state index >= 15 is 0 Å². The number of esters is 1. The minimum absolute atomic E-state index is 0. The average Bonchev–Trinajstić information content (AvgIpc) is 3.05. The van der Waals surface area contributed by atoms with E-state index in [-0.39, 0.29) is 60.8 Å². The van der Waals surface area contributed by atoms with Gasteiger partial charge in [-0.2, -0.15) is 17.5 Å². The summed E-state index contributed by atoms with van der Waals surface area (Å²) in [6.45, 7) is 5.73. The SMILES string of the molecule is CCNC(=NCC1CCN(S(=O)(=O)C(F)(F)F)CC1)N1CC(C)C(C(=O)OC)C1.I. The second-order valence-corrected chi connectivity index (χ2v) is 9.43. The lowest BCUT2D eigenvalue weighted by molar-refractivity contribution is -0.146. The highest BCUT2D eigenvalue weighted by Gasteiger charge is 2.50. The zero-order chi connectivity index (χ0) is 21.8. The van der Waals surface area contributed by atoms with Gasteiger partial charge in [0.15, 0.2) is 5.96 Å². The van der Waals surface area contributed by atoms with Gasteiger partial charge in [0.25, 0.3) is 0 Å². The first-order valence-corrected chi connectivity index (χ1v) is 11.1. The Labute approximate surface area is 192 Å². The number of carbonyl (C=O) groups is 1. The highest BCUT2D eigenvalue weighted by atomic mass is 127. The Bertz CT molecular complexity index is 712. The molecule has 2 rings (SSSR count). The summed E-state index contributed by atoms with van der Waals surface area (Å²) < 4.78 is 66.4. The van der Waals surface area contributed by atoms with Crippen LogP contribution in [-0.4, -0.2) is 81.4 Å². The number of methoxy groups -OCH3 is 1. The Morgan fingerprint density at radius 3 is 2.33 bits per heavy atom. The van der Waals surface area contributed by atoms with E-state index < -0.39 is 15.5 Å². The predicted molar refractivity (Wildman–Crippen MR) is 117 cm³/mol. The Kier molecular flexibility index (Phi) is 10.1. The average molecular weight is 570 g/mol. The fourth-order valence-electron chi connectivity index (χ4n) is 3.72. The van der Waals surface area contributed by atoms with Gasteiger partial charge < -0.3 is 15.0 Å². The van der Waals surface area contributed by atoms with Gasteiger partial charge in [0, 0.05) is 39.3 Å². The molecule has 8 nitrogen and oxygen atoms in total. The van der Waals surface area contributed by atoms with Gasteiger partial charge in [-0.15, -0.1) is 24.0 Å². The largest absolute Gasteiger partial charge is 0.511 e. The third-order valence-corrected chi connectivity index (χ3v) is 7.09. The van der Waals surface area contributed by atoms with Gasteiger partial charge in [-0.25, -0.2) is 8.42 Å². The molecule has 0 saturated carbocycles. The molecule has 0 spiro atoms. The maximum atomic E-state index is 12.7. The van der Waals surface area contributed by atoms with E-state index in [4.69, 9.17) is 4.74 Å². The first-order valence-electron chi connectivity index (χ1n) is 9.68. The maximum absolute atomic E-state index is 12.7. The van der Waals surface area contributed by atoms with E-state index in [2.05, 4.69) is 10.3 Å². The van der Waals surface area contributed by atoms with E-state index in [0.29, 0.717) is 49.3 Å². The van der Waals surface area contributed by atoms with Crippen LogP contribution in [0.25, 0.3) is 0 Å². The zero-order valence-electron chi connectivity index (χ0n) is 17.3. The lowest BCUT2D eigenvalue weighted by atomic mass is 9.98. The van der Waals surface area contributed by atoms with Crippen molar-refractivity contribution in [3.63, 3.8) is 0 Å². The molecule has 30 heavy (non-hydrogen) atoms. The van der Waals surface area contributed by atoms with E-state index in [1.165, 1.54) is 7.11 Å². The number of aliphatic imine (C=N–C) groups is 1. The van der Waals surface area contributed by atoms with E-state index in [9.17, 15) is 26.4 Å². The molecule has 2 atom stereocenters. The Balaban J connectivity index is 0.00000450. The second kappa shape index (κ2) is 11.2. The van der Waals surface area contributed by atoms with Gasteiger partial charge in [0.1, 0.15) is 0 Å². The molecule has 0 aliphatic carbocycles. The lowest BCUT2D eigenvalue weighted by Gasteiger charge is -2.31. The van der Waals surface area contributed by atoms with Gasteiger partial charge in [0.2, 0.25) is 0 Å². The quantitative estimate of drug-likeness (QED) is 0.235. The Morgan fingerprint density at radius 2 is 1.83 bits per heavy atom. The van der Waals surface area contributed by atoms with Crippen LogP contribution in [0.5, 0.6) is 0 Å². The van der Waals surface area contributed by atoms with E-state index in [1.807, 2.05) is 18.7 Å². The third-order valence-electron chi connectivity index (χ3n) is 5.46. The van der Waals surface area contributed by atoms with Crippen LogP contribution < -0.4 is 5.32 Å². The lowest BCUT2D eigenvalue weighted by Crippen LogP contribution is -2.45. The number of likely N-dealkylation sites (tertiary alicyclic amines) is 1. The molecule has 0 aromatic carbocycles. The van der Waals surface area contributed by atoms with Crippen molar-refractivity contribution in [1.29, 1.82) is 0 Å². The fraction of sp³-hybridized carbons (Fsp3) is 0.882. The number of halogens is 4. The van der Waals surface area contributed by atoms with Crippen molar-refractivity contribution >= 4 is 45.9 Å². The minimum Gasteiger partial charge on any atom is -0.469 e. The summed E-state index contributed by atoms with van der Waals surface area (Å²) in [5.74, 6) is 0.270. The third kappa shape index (κ3) is 6.34. The van der Waals surface area contributed by atoms with Gasteiger partial charge >= 0.3 is 21.5 Å². The second-order valence-electron chi connectivity index (χ2n) is 7.50. The van der Waals surface area contributed by atoms with Crippen LogP contribution in [0.1, 0.15) is 26.7 Å². The molecular weight excluding hydrogens is 540 g/mol. The predicted octanol–water partition coefficient (Wildman–Crippen LogP) is 1.87. The molecule has 176 valence electrons. The number of hydrogen-bond acceptors (Lipinski definition) is 5. The fourth-order valence-corrected chi connectivity index (χ4v) is 4.70. The first-order chi connectivity index (χ1) is 13.5. The smallest absolute Gasteiger partial charge is 0.469 e. The van der Waals surface area contributed by atoms with Gasteiger partial charge in [-0.05, 0) is 31.6 Å². The molecule has 2 fully saturated rings. The van der Waals surface area contributed by atoms with Crippen LogP contribution in [0.2, 0.25) is 0 Å². The molecule has 1 N–H and O–H groups in total. The number of piperidine rings is 1. The maximum Gasteiger partial charge on any atom is 0.511 e. The zero-order valence-corrected chi connectivity index (χ0v) is 20.5. The molecule has 0 radical (unpaired) electrons. The Hall–Kier alpha value is -0.830. The number of sulfonamides is 1. The summed E-state index contributed by atoms with van der Waals surface area (Å²) in [5.41, 5.74) is -5.27. The monoisotopic (exact) mass is 570 g/mol. The summed E-state index contributed by atoms with van der Waals surface area (Å²) in [4.78, 5) is 18.5. The highest BCUT2D eigenvalue weighted by Crippen LogP contribution is 2.30. The van der Waals surface area contributed by atoms with Crippen LogP contribution in [0.15, 0.2) is 4.99 Å². The van der Waals surface area contributed by atoms with Crippen molar-refractivity contribution in [2.45, 2.75) is 32.2 Å². The van der Waals surface area contributed by atoms with Gasteiger partial charge in [0.05, 0.1) is 13.0 Å². The van der Waals surface area contributed by atoms with Crippen molar-refractivity contribution < 1.29 is 31.1 Å². The normalized spacial score (nSPS) is 24.5. The molecular formula is C17H30F3IN4O4S. The molecule has 0 aromatic heterocycles. The van der Waals surface area contributed by atoms with Crippen molar-refractivity contribution in [3.8, 4) is 0 Å². The van der Waals surface area contributed by atoms with Crippen LogP contribution in [0.3, 0.4) is 0 Å². The van der Waals surface area contributed by atoms with Gasteiger partial charge in [-0.3, -0.25) is 9.79 Å². The molecule has 0 bridgehead atoms. The number of ether oxygens (including phenoxy) is 1. The number of guanidine groups is 1.